The standard InChI is InChI=1S/C11H15NO2/c1-14-10-2-3-11-8(4-10)5-12-6-9(11)7-13/h2-4,9,12-13H,5-7H2,1H3. The van der Waals surface area contributed by atoms with Crippen LogP contribution < -0.4 is 10.1 Å². The third-order valence-corrected chi connectivity index (χ3v) is 2.72. The Morgan fingerprint density at radius 2 is 2.43 bits per heavy atom. The van der Waals surface area contributed by atoms with Crippen LogP contribution in [-0.2, 0) is 6.54 Å². The molecule has 1 aliphatic rings. The highest BCUT2D eigenvalue weighted by Crippen LogP contribution is 2.26. The molecule has 3 heteroatoms. The third kappa shape index (κ3) is 1.61. The van der Waals surface area contributed by atoms with Crippen molar-refractivity contribution in [2.45, 2.75) is 12.5 Å². The first-order valence-electron chi connectivity index (χ1n) is 4.83. The molecular weight excluding hydrogens is 178 g/mol. The summed E-state index contributed by atoms with van der Waals surface area (Å²) >= 11 is 0. The van der Waals surface area contributed by atoms with E-state index in [0.717, 1.165) is 18.8 Å². The molecule has 2 rings (SSSR count). The van der Waals surface area contributed by atoms with Crippen molar-refractivity contribution in [2.24, 2.45) is 0 Å². The van der Waals surface area contributed by atoms with Gasteiger partial charge in [0, 0.05) is 19.0 Å². The van der Waals surface area contributed by atoms with Crippen molar-refractivity contribution in [3.05, 3.63) is 29.3 Å². The molecule has 0 bridgehead atoms. The molecular formula is C11H15NO2. The Hall–Kier alpha value is -1.06. The van der Waals surface area contributed by atoms with Crippen molar-refractivity contribution >= 4 is 0 Å². The van der Waals surface area contributed by atoms with E-state index < -0.39 is 0 Å². The maximum absolute atomic E-state index is 9.19. The number of ether oxygens (including phenoxy) is 1. The summed E-state index contributed by atoms with van der Waals surface area (Å²) in [6.07, 6.45) is 0. The number of nitrogens with one attached hydrogen (secondary N) is 1. The van der Waals surface area contributed by atoms with Crippen molar-refractivity contribution in [3.63, 3.8) is 0 Å². The second-order valence-electron chi connectivity index (χ2n) is 3.58. The lowest BCUT2D eigenvalue weighted by atomic mass is 9.91. The van der Waals surface area contributed by atoms with E-state index in [0.29, 0.717) is 0 Å². The van der Waals surface area contributed by atoms with Crippen LogP contribution in [0.2, 0.25) is 0 Å². The summed E-state index contributed by atoms with van der Waals surface area (Å²) in [6, 6.07) is 6.03. The lowest BCUT2D eigenvalue weighted by molar-refractivity contribution is 0.256. The number of hydrogen-bond acceptors (Lipinski definition) is 3. The molecule has 0 aliphatic carbocycles. The van der Waals surface area contributed by atoms with Gasteiger partial charge in [-0.15, -0.1) is 0 Å². The average molecular weight is 193 g/mol. The van der Waals surface area contributed by atoms with Gasteiger partial charge in [-0.2, -0.15) is 0 Å². The number of fused-ring (bicyclic) bond motifs is 1. The maximum Gasteiger partial charge on any atom is 0.119 e. The highest BCUT2D eigenvalue weighted by molar-refractivity contribution is 5.39. The fourth-order valence-corrected chi connectivity index (χ4v) is 1.91. The quantitative estimate of drug-likeness (QED) is 0.732. The van der Waals surface area contributed by atoms with E-state index in [1.807, 2.05) is 12.1 Å². The summed E-state index contributed by atoms with van der Waals surface area (Å²) in [4.78, 5) is 0. The normalized spacial score (nSPS) is 20.3. The predicted molar refractivity (Wildman–Crippen MR) is 54.5 cm³/mol. The van der Waals surface area contributed by atoms with Gasteiger partial charge in [-0.25, -0.2) is 0 Å². The van der Waals surface area contributed by atoms with Crippen LogP contribution in [0, 0.1) is 0 Å². The number of aliphatic hydroxyl groups is 1. The molecule has 1 atom stereocenters. The van der Waals surface area contributed by atoms with E-state index in [1.165, 1.54) is 11.1 Å². The first kappa shape index (κ1) is 9.49. The molecule has 0 fully saturated rings. The number of methoxy groups -OCH3 is 1. The van der Waals surface area contributed by atoms with E-state index in [-0.39, 0.29) is 12.5 Å². The van der Waals surface area contributed by atoms with Crippen LogP contribution in [0.4, 0.5) is 0 Å². The van der Waals surface area contributed by atoms with Crippen LogP contribution in [0.1, 0.15) is 17.0 Å². The monoisotopic (exact) mass is 193 g/mol. The first-order valence-corrected chi connectivity index (χ1v) is 4.83. The average Bonchev–Trinajstić information content (AvgIpc) is 2.27. The maximum atomic E-state index is 9.19. The number of hydrogen-bond donors (Lipinski definition) is 2. The minimum atomic E-state index is 0.201. The van der Waals surface area contributed by atoms with E-state index in [4.69, 9.17) is 4.74 Å². The Labute approximate surface area is 83.7 Å². The zero-order chi connectivity index (χ0) is 9.97. The number of rotatable bonds is 2. The third-order valence-electron chi connectivity index (χ3n) is 2.72. The minimum Gasteiger partial charge on any atom is -0.497 e. The van der Waals surface area contributed by atoms with Gasteiger partial charge in [-0.3, -0.25) is 0 Å². The summed E-state index contributed by atoms with van der Waals surface area (Å²) in [5.74, 6) is 1.11. The van der Waals surface area contributed by atoms with Crippen LogP contribution >= 0.6 is 0 Å². The molecule has 1 aromatic rings. The van der Waals surface area contributed by atoms with Crippen LogP contribution in [0.5, 0.6) is 5.75 Å². The fourth-order valence-electron chi connectivity index (χ4n) is 1.91. The second kappa shape index (κ2) is 3.98. The van der Waals surface area contributed by atoms with Crippen molar-refractivity contribution in [3.8, 4) is 5.75 Å². The zero-order valence-electron chi connectivity index (χ0n) is 8.29. The Balaban J connectivity index is 2.35. The highest BCUT2D eigenvalue weighted by atomic mass is 16.5. The van der Waals surface area contributed by atoms with Crippen LogP contribution in [-0.4, -0.2) is 25.4 Å². The molecule has 0 saturated carbocycles. The topological polar surface area (TPSA) is 41.5 Å². The van der Waals surface area contributed by atoms with Gasteiger partial charge in [-0.1, -0.05) is 6.07 Å². The van der Waals surface area contributed by atoms with Gasteiger partial charge in [0.2, 0.25) is 0 Å². The van der Waals surface area contributed by atoms with E-state index >= 15 is 0 Å². The molecule has 1 unspecified atom stereocenters. The summed E-state index contributed by atoms with van der Waals surface area (Å²) < 4.78 is 5.16. The van der Waals surface area contributed by atoms with E-state index in [9.17, 15) is 5.11 Å². The molecule has 1 aromatic carbocycles. The molecule has 0 aromatic heterocycles. The molecule has 1 aliphatic heterocycles. The number of aliphatic hydroxyl groups excluding tert-OH is 1. The van der Waals surface area contributed by atoms with E-state index in [2.05, 4.69) is 11.4 Å². The summed E-state index contributed by atoms with van der Waals surface area (Å²) in [7, 11) is 1.67. The molecule has 0 amide bonds. The smallest absolute Gasteiger partial charge is 0.119 e. The Morgan fingerprint density at radius 1 is 1.57 bits per heavy atom. The van der Waals surface area contributed by atoms with Crippen LogP contribution in [0.15, 0.2) is 18.2 Å². The summed E-state index contributed by atoms with van der Waals surface area (Å²) in [5.41, 5.74) is 2.47. The summed E-state index contributed by atoms with van der Waals surface area (Å²) in [6.45, 7) is 1.92. The molecule has 14 heavy (non-hydrogen) atoms. The SMILES string of the molecule is COc1ccc2c(c1)CNCC2CO. The molecule has 0 saturated heterocycles. The largest absolute Gasteiger partial charge is 0.497 e. The first-order chi connectivity index (χ1) is 6.85. The molecule has 76 valence electrons. The van der Waals surface area contributed by atoms with E-state index in [1.54, 1.807) is 7.11 Å². The zero-order valence-corrected chi connectivity index (χ0v) is 8.29. The Kier molecular flexibility index (Phi) is 2.70. The van der Waals surface area contributed by atoms with Gasteiger partial charge in [0.15, 0.2) is 0 Å². The number of benzene rings is 1. The Morgan fingerprint density at radius 3 is 3.14 bits per heavy atom. The predicted octanol–water partition coefficient (Wildman–Crippen LogP) is 0.874. The van der Waals surface area contributed by atoms with Crippen molar-refractivity contribution < 1.29 is 9.84 Å². The second-order valence-corrected chi connectivity index (χ2v) is 3.58. The summed E-state index contributed by atoms with van der Waals surface area (Å²) in [5, 5.41) is 12.5. The van der Waals surface area contributed by atoms with Crippen molar-refractivity contribution in [2.75, 3.05) is 20.3 Å². The van der Waals surface area contributed by atoms with Crippen LogP contribution in [0.25, 0.3) is 0 Å². The molecule has 2 N–H and O–H groups in total. The van der Waals surface area contributed by atoms with Crippen LogP contribution in [0.3, 0.4) is 0 Å². The van der Waals surface area contributed by atoms with Gasteiger partial charge >= 0.3 is 0 Å². The lowest BCUT2D eigenvalue weighted by Gasteiger charge is -2.25. The van der Waals surface area contributed by atoms with Gasteiger partial charge in [0.05, 0.1) is 13.7 Å². The lowest BCUT2D eigenvalue weighted by Crippen LogP contribution is -2.29. The van der Waals surface area contributed by atoms with Crippen molar-refractivity contribution in [1.29, 1.82) is 0 Å². The fraction of sp³-hybridized carbons (Fsp3) is 0.455. The molecule has 3 nitrogen and oxygen atoms in total. The van der Waals surface area contributed by atoms with Gasteiger partial charge in [0.25, 0.3) is 0 Å². The van der Waals surface area contributed by atoms with Gasteiger partial charge < -0.3 is 15.2 Å². The highest BCUT2D eigenvalue weighted by Gasteiger charge is 2.19. The minimum absolute atomic E-state index is 0.201. The Bertz CT molecular complexity index is 325. The van der Waals surface area contributed by atoms with Gasteiger partial charge in [-0.05, 0) is 23.3 Å². The molecule has 0 spiro atoms. The van der Waals surface area contributed by atoms with Gasteiger partial charge in [0.1, 0.15) is 5.75 Å². The van der Waals surface area contributed by atoms with Crippen molar-refractivity contribution in [1.82, 2.24) is 5.32 Å². The molecule has 1 heterocycles. The molecule has 0 radical (unpaired) electrons.